The van der Waals surface area contributed by atoms with E-state index in [4.69, 9.17) is 6.42 Å². The first-order valence-electron chi connectivity index (χ1n) is 9.67. The molecule has 1 heterocycles. The van der Waals surface area contributed by atoms with Crippen LogP contribution in [-0.4, -0.2) is 17.1 Å². The predicted molar refractivity (Wildman–Crippen MR) is 128 cm³/mol. The molecule has 0 atom stereocenters. The van der Waals surface area contributed by atoms with Crippen LogP contribution in [0.2, 0.25) is 0 Å². The van der Waals surface area contributed by atoms with Crippen molar-refractivity contribution >= 4 is 34.9 Å². The minimum atomic E-state index is -0.173. The monoisotopic (exact) mass is 409 g/mol. The van der Waals surface area contributed by atoms with Crippen molar-refractivity contribution in [2.24, 2.45) is 4.99 Å². The SMILES string of the molecule is C#CN=C/C=C(\C)Nc1ccc(NC(=O)c2ccc(Nc3ccnc(C)c3)cc2)cc1. The zero-order chi connectivity index (χ0) is 22.1. The first-order chi connectivity index (χ1) is 15.0. The lowest BCUT2D eigenvalue weighted by Gasteiger charge is -2.10. The van der Waals surface area contributed by atoms with Crippen molar-refractivity contribution < 1.29 is 4.79 Å². The zero-order valence-corrected chi connectivity index (χ0v) is 17.4. The highest BCUT2D eigenvalue weighted by atomic mass is 16.1. The van der Waals surface area contributed by atoms with Gasteiger partial charge in [-0.3, -0.25) is 9.78 Å². The van der Waals surface area contributed by atoms with E-state index >= 15 is 0 Å². The normalized spacial score (nSPS) is 11.1. The van der Waals surface area contributed by atoms with Gasteiger partial charge in [-0.1, -0.05) is 6.42 Å². The molecule has 31 heavy (non-hydrogen) atoms. The van der Waals surface area contributed by atoms with E-state index in [-0.39, 0.29) is 5.91 Å². The summed E-state index contributed by atoms with van der Waals surface area (Å²) < 4.78 is 0. The highest BCUT2D eigenvalue weighted by molar-refractivity contribution is 6.04. The van der Waals surface area contributed by atoms with Crippen LogP contribution in [0, 0.1) is 19.4 Å². The number of aryl methyl sites for hydroxylation is 1. The van der Waals surface area contributed by atoms with E-state index in [1.807, 2.05) is 62.4 Å². The van der Waals surface area contributed by atoms with Crippen LogP contribution in [0.1, 0.15) is 23.0 Å². The summed E-state index contributed by atoms with van der Waals surface area (Å²) in [6.45, 7) is 3.85. The molecule has 0 radical (unpaired) electrons. The molecule has 3 aromatic rings. The number of allylic oxidation sites excluding steroid dienone is 2. The summed E-state index contributed by atoms with van der Waals surface area (Å²) in [6, 6.07) is 20.8. The van der Waals surface area contributed by atoms with Gasteiger partial charge >= 0.3 is 0 Å². The van der Waals surface area contributed by atoms with Crippen molar-refractivity contribution in [3.63, 3.8) is 0 Å². The molecule has 6 heteroatoms. The molecule has 0 fully saturated rings. The largest absolute Gasteiger partial charge is 0.359 e. The quantitative estimate of drug-likeness (QED) is 0.362. The number of anilines is 4. The summed E-state index contributed by atoms with van der Waals surface area (Å²) in [5, 5.41) is 9.42. The van der Waals surface area contributed by atoms with Gasteiger partial charge in [-0.25, -0.2) is 4.99 Å². The van der Waals surface area contributed by atoms with Crippen molar-refractivity contribution in [3.05, 3.63) is 89.9 Å². The Morgan fingerprint density at radius 2 is 1.61 bits per heavy atom. The molecule has 3 N–H and O–H groups in total. The van der Waals surface area contributed by atoms with Gasteiger partial charge in [0.05, 0.1) is 0 Å². The number of terminal acetylenes is 1. The number of carbonyl (C=O) groups is 1. The van der Waals surface area contributed by atoms with E-state index in [1.54, 1.807) is 30.6 Å². The number of hydrogen-bond donors (Lipinski definition) is 3. The Morgan fingerprint density at radius 1 is 0.968 bits per heavy atom. The van der Waals surface area contributed by atoms with Crippen LogP contribution >= 0.6 is 0 Å². The first-order valence-corrected chi connectivity index (χ1v) is 9.67. The maximum absolute atomic E-state index is 12.5. The number of pyridine rings is 1. The number of aliphatic imine (C=N–C) groups is 1. The molecule has 1 amide bonds. The third-order valence-electron chi connectivity index (χ3n) is 4.29. The van der Waals surface area contributed by atoms with Crippen LogP contribution in [0.15, 0.2) is 83.6 Å². The number of benzene rings is 2. The molecule has 0 aliphatic heterocycles. The third-order valence-corrected chi connectivity index (χ3v) is 4.29. The Bertz CT molecular complexity index is 1140. The van der Waals surface area contributed by atoms with Gasteiger partial charge in [0.1, 0.15) is 0 Å². The Labute approximate surface area is 182 Å². The molecule has 0 saturated heterocycles. The fourth-order valence-electron chi connectivity index (χ4n) is 2.80. The summed E-state index contributed by atoms with van der Waals surface area (Å²) >= 11 is 0. The number of aromatic nitrogens is 1. The average Bonchev–Trinajstić information content (AvgIpc) is 2.76. The first kappa shape index (κ1) is 21.3. The summed E-state index contributed by atoms with van der Waals surface area (Å²) in [6.07, 6.45) is 10.2. The fraction of sp³-hybridized carbons (Fsp3) is 0.0800. The molecule has 1 aromatic heterocycles. The van der Waals surface area contributed by atoms with Gasteiger partial charge in [-0.15, -0.1) is 0 Å². The molecule has 0 spiro atoms. The second kappa shape index (κ2) is 10.4. The average molecular weight is 409 g/mol. The second-order valence-electron chi connectivity index (χ2n) is 6.80. The van der Waals surface area contributed by atoms with Crippen molar-refractivity contribution in [2.45, 2.75) is 13.8 Å². The van der Waals surface area contributed by atoms with Crippen molar-refractivity contribution in [1.82, 2.24) is 4.98 Å². The topological polar surface area (TPSA) is 78.4 Å². The van der Waals surface area contributed by atoms with E-state index in [2.05, 4.69) is 32.0 Å². The Balaban J connectivity index is 1.58. The lowest BCUT2D eigenvalue weighted by Crippen LogP contribution is -2.11. The van der Waals surface area contributed by atoms with E-state index in [1.165, 1.54) is 0 Å². The number of amides is 1. The van der Waals surface area contributed by atoms with Gasteiger partial charge in [0, 0.05) is 58.2 Å². The molecule has 0 aliphatic carbocycles. The summed E-state index contributed by atoms with van der Waals surface area (Å²) in [4.78, 5) is 20.4. The minimum Gasteiger partial charge on any atom is -0.359 e. The van der Waals surface area contributed by atoms with Gasteiger partial charge < -0.3 is 16.0 Å². The van der Waals surface area contributed by atoms with Crippen LogP contribution in [0.3, 0.4) is 0 Å². The summed E-state index contributed by atoms with van der Waals surface area (Å²) in [5.74, 6) is -0.173. The number of hydrogen-bond acceptors (Lipinski definition) is 5. The standard InChI is InChI=1S/C25H23N5O/c1-4-26-15-13-18(2)28-21-9-11-23(12-10-21)30-25(31)20-5-7-22(8-6-20)29-24-14-16-27-19(3)17-24/h1,5-17,28H,2-3H3,(H,27,29)(H,30,31)/b18-13+,26-15?. The van der Waals surface area contributed by atoms with Crippen LogP contribution in [0.5, 0.6) is 0 Å². The van der Waals surface area contributed by atoms with Crippen molar-refractivity contribution in [1.29, 1.82) is 0 Å². The zero-order valence-electron chi connectivity index (χ0n) is 17.4. The number of nitrogens with one attached hydrogen (secondary N) is 3. The van der Waals surface area contributed by atoms with Gasteiger partial charge in [0.2, 0.25) is 0 Å². The van der Waals surface area contributed by atoms with Crippen LogP contribution in [-0.2, 0) is 0 Å². The molecule has 2 aromatic carbocycles. The molecule has 0 bridgehead atoms. The highest BCUT2D eigenvalue weighted by Crippen LogP contribution is 2.19. The second-order valence-corrected chi connectivity index (χ2v) is 6.80. The van der Waals surface area contributed by atoms with Crippen molar-refractivity contribution in [3.8, 4) is 12.5 Å². The van der Waals surface area contributed by atoms with Gasteiger partial charge in [0.15, 0.2) is 0 Å². The van der Waals surface area contributed by atoms with Crippen LogP contribution < -0.4 is 16.0 Å². The molecule has 6 nitrogen and oxygen atoms in total. The highest BCUT2D eigenvalue weighted by Gasteiger charge is 2.06. The van der Waals surface area contributed by atoms with E-state index in [0.717, 1.165) is 28.5 Å². The fourth-order valence-corrected chi connectivity index (χ4v) is 2.80. The van der Waals surface area contributed by atoms with E-state index in [9.17, 15) is 4.79 Å². The summed E-state index contributed by atoms with van der Waals surface area (Å²) in [5.41, 5.74) is 5.85. The van der Waals surface area contributed by atoms with Gasteiger partial charge in [0.25, 0.3) is 5.91 Å². The summed E-state index contributed by atoms with van der Waals surface area (Å²) in [7, 11) is 0. The molecule has 154 valence electrons. The van der Waals surface area contributed by atoms with E-state index < -0.39 is 0 Å². The van der Waals surface area contributed by atoms with Gasteiger partial charge in [-0.2, -0.15) is 0 Å². The van der Waals surface area contributed by atoms with Crippen LogP contribution in [0.4, 0.5) is 22.7 Å². The van der Waals surface area contributed by atoms with Crippen molar-refractivity contribution in [2.75, 3.05) is 16.0 Å². The number of nitrogens with zero attached hydrogens (tertiary/aromatic N) is 2. The molecule has 0 saturated carbocycles. The van der Waals surface area contributed by atoms with Gasteiger partial charge in [-0.05, 0) is 80.6 Å². The molecular formula is C25H23N5O. The Hall–Kier alpha value is -4.37. The maximum atomic E-state index is 12.5. The molecule has 0 aliphatic rings. The molecular weight excluding hydrogens is 386 g/mol. The lowest BCUT2D eigenvalue weighted by atomic mass is 10.1. The van der Waals surface area contributed by atoms with E-state index in [0.29, 0.717) is 11.3 Å². The minimum absolute atomic E-state index is 0.173. The molecule has 3 rings (SSSR count). The Morgan fingerprint density at radius 3 is 2.26 bits per heavy atom. The smallest absolute Gasteiger partial charge is 0.255 e. The Kier molecular flexibility index (Phi) is 7.17. The number of rotatable bonds is 7. The lowest BCUT2D eigenvalue weighted by molar-refractivity contribution is 0.102. The maximum Gasteiger partial charge on any atom is 0.255 e. The number of carbonyl (C=O) groups excluding carboxylic acids is 1. The predicted octanol–water partition coefficient (Wildman–Crippen LogP) is 5.36. The third kappa shape index (κ3) is 6.58. The molecule has 0 unspecified atom stereocenters. The van der Waals surface area contributed by atoms with Crippen LogP contribution in [0.25, 0.3) is 0 Å².